The summed E-state index contributed by atoms with van der Waals surface area (Å²) in [6.07, 6.45) is 0.894. The highest BCUT2D eigenvalue weighted by molar-refractivity contribution is 7.89. The molecule has 0 aliphatic carbocycles. The standard InChI is InChI=1S/C9H13N3O5S/c1-9(2,13)6-11-18(16,17)7-3-4-8(10-5-7)12(14)15/h3-5,11,13H,6H2,1-2H3. The Labute approximate surface area is 104 Å². The molecule has 0 fully saturated rings. The molecule has 0 unspecified atom stereocenters. The maximum atomic E-state index is 11.7. The van der Waals surface area contributed by atoms with E-state index in [0.717, 1.165) is 18.3 Å². The number of hydrogen-bond acceptors (Lipinski definition) is 6. The van der Waals surface area contributed by atoms with Crippen LogP contribution in [-0.4, -0.2) is 35.6 Å². The SMILES string of the molecule is CC(C)(O)CNS(=O)(=O)c1ccc([N+](=O)[O-])nc1. The third-order valence-electron chi connectivity index (χ3n) is 1.91. The van der Waals surface area contributed by atoms with Crippen LogP contribution in [0.5, 0.6) is 0 Å². The molecule has 0 saturated carbocycles. The first-order chi connectivity index (χ1) is 8.12. The smallest absolute Gasteiger partial charge is 0.363 e. The maximum absolute atomic E-state index is 11.7. The number of hydrogen-bond donors (Lipinski definition) is 2. The molecule has 2 N–H and O–H groups in total. The predicted octanol–water partition coefficient (Wildman–Crippen LogP) is 0.0390. The summed E-state index contributed by atoms with van der Waals surface area (Å²) in [5, 5.41) is 19.8. The highest BCUT2D eigenvalue weighted by Crippen LogP contribution is 2.12. The second kappa shape index (κ2) is 4.96. The van der Waals surface area contributed by atoms with E-state index < -0.39 is 26.4 Å². The van der Waals surface area contributed by atoms with Gasteiger partial charge in [-0.05, 0) is 29.8 Å². The lowest BCUT2D eigenvalue weighted by Gasteiger charge is -2.17. The Hall–Kier alpha value is -1.58. The number of sulfonamides is 1. The van der Waals surface area contributed by atoms with Crippen molar-refractivity contribution in [1.82, 2.24) is 9.71 Å². The summed E-state index contributed by atoms with van der Waals surface area (Å²) < 4.78 is 25.6. The van der Waals surface area contributed by atoms with Crippen LogP contribution in [0.15, 0.2) is 23.2 Å². The van der Waals surface area contributed by atoms with Crippen molar-refractivity contribution in [2.75, 3.05) is 6.54 Å². The summed E-state index contributed by atoms with van der Waals surface area (Å²) in [6, 6.07) is 2.08. The van der Waals surface area contributed by atoms with Gasteiger partial charge in [0.25, 0.3) is 0 Å². The zero-order chi connectivity index (χ0) is 14.0. The zero-order valence-electron chi connectivity index (χ0n) is 9.82. The summed E-state index contributed by atoms with van der Waals surface area (Å²) in [6.45, 7) is 2.72. The number of nitro groups is 1. The Morgan fingerprint density at radius 1 is 1.50 bits per heavy atom. The van der Waals surface area contributed by atoms with Gasteiger partial charge in [-0.3, -0.25) is 0 Å². The van der Waals surface area contributed by atoms with E-state index in [0.29, 0.717) is 0 Å². The van der Waals surface area contributed by atoms with Gasteiger partial charge in [-0.15, -0.1) is 0 Å². The second-order valence-electron chi connectivity index (χ2n) is 4.25. The van der Waals surface area contributed by atoms with E-state index in [1.165, 1.54) is 13.8 Å². The first kappa shape index (κ1) is 14.5. The van der Waals surface area contributed by atoms with Crippen LogP contribution >= 0.6 is 0 Å². The molecule has 1 rings (SSSR count). The van der Waals surface area contributed by atoms with Crippen LogP contribution in [0.1, 0.15) is 13.8 Å². The Balaban J connectivity index is 2.89. The quantitative estimate of drug-likeness (QED) is 0.577. The molecule has 0 spiro atoms. The van der Waals surface area contributed by atoms with Crippen molar-refractivity contribution in [3.63, 3.8) is 0 Å². The van der Waals surface area contributed by atoms with Crippen molar-refractivity contribution in [1.29, 1.82) is 0 Å². The number of rotatable bonds is 5. The molecule has 8 nitrogen and oxygen atoms in total. The molecule has 0 aliphatic rings. The molecule has 0 amide bonds. The fraction of sp³-hybridized carbons (Fsp3) is 0.444. The normalized spacial score (nSPS) is 12.4. The van der Waals surface area contributed by atoms with E-state index in [9.17, 15) is 23.6 Å². The number of pyridine rings is 1. The van der Waals surface area contributed by atoms with Crippen LogP contribution in [0.4, 0.5) is 5.82 Å². The van der Waals surface area contributed by atoms with Gasteiger partial charge in [-0.1, -0.05) is 0 Å². The van der Waals surface area contributed by atoms with Crippen LogP contribution in [0.25, 0.3) is 0 Å². The van der Waals surface area contributed by atoms with Crippen LogP contribution in [0.3, 0.4) is 0 Å². The molecule has 0 bridgehead atoms. The van der Waals surface area contributed by atoms with Crippen molar-refractivity contribution in [2.45, 2.75) is 24.3 Å². The minimum absolute atomic E-state index is 0.174. The van der Waals surface area contributed by atoms with E-state index in [2.05, 4.69) is 9.71 Å². The van der Waals surface area contributed by atoms with Gasteiger partial charge in [-0.25, -0.2) is 13.1 Å². The minimum atomic E-state index is -3.83. The molecule has 0 aromatic carbocycles. The lowest BCUT2D eigenvalue weighted by Crippen LogP contribution is -2.38. The Kier molecular flexibility index (Phi) is 3.99. The predicted molar refractivity (Wildman–Crippen MR) is 62.4 cm³/mol. The third kappa shape index (κ3) is 4.02. The van der Waals surface area contributed by atoms with Crippen LogP contribution in [-0.2, 0) is 10.0 Å². The van der Waals surface area contributed by atoms with E-state index in [4.69, 9.17) is 0 Å². The first-order valence-corrected chi connectivity index (χ1v) is 6.43. The summed E-state index contributed by atoms with van der Waals surface area (Å²) in [7, 11) is -3.83. The van der Waals surface area contributed by atoms with Gasteiger partial charge in [0, 0.05) is 12.6 Å². The van der Waals surface area contributed by atoms with Gasteiger partial charge >= 0.3 is 5.82 Å². The summed E-state index contributed by atoms with van der Waals surface area (Å²) in [5.74, 6) is -0.434. The second-order valence-corrected chi connectivity index (χ2v) is 6.01. The number of nitrogens with one attached hydrogen (secondary N) is 1. The molecule has 1 aromatic rings. The molecular weight excluding hydrogens is 262 g/mol. The molecule has 0 atom stereocenters. The molecule has 1 heterocycles. The average molecular weight is 275 g/mol. The van der Waals surface area contributed by atoms with Crippen molar-refractivity contribution in [2.24, 2.45) is 0 Å². The lowest BCUT2D eigenvalue weighted by molar-refractivity contribution is -0.389. The Bertz CT molecular complexity index is 532. The van der Waals surface area contributed by atoms with Crippen LogP contribution < -0.4 is 4.72 Å². The fourth-order valence-corrected chi connectivity index (χ4v) is 2.14. The van der Waals surface area contributed by atoms with Gasteiger partial charge in [0.05, 0.1) is 5.60 Å². The Morgan fingerprint density at radius 2 is 2.11 bits per heavy atom. The first-order valence-electron chi connectivity index (χ1n) is 4.94. The third-order valence-corrected chi connectivity index (χ3v) is 3.30. The topological polar surface area (TPSA) is 122 Å². The van der Waals surface area contributed by atoms with Crippen molar-refractivity contribution < 1.29 is 18.4 Å². The molecule has 0 radical (unpaired) electrons. The van der Waals surface area contributed by atoms with Crippen molar-refractivity contribution in [3.8, 4) is 0 Å². The molecule has 9 heteroatoms. The summed E-state index contributed by atoms with van der Waals surface area (Å²) >= 11 is 0. The van der Waals surface area contributed by atoms with Gasteiger partial charge in [0.2, 0.25) is 10.0 Å². The lowest BCUT2D eigenvalue weighted by atomic mass is 10.1. The van der Waals surface area contributed by atoms with Gasteiger partial charge in [0.1, 0.15) is 4.90 Å². The van der Waals surface area contributed by atoms with Gasteiger partial charge in [-0.2, -0.15) is 0 Å². The monoisotopic (exact) mass is 275 g/mol. The van der Waals surface area contributed by atoms with Crippen molar-refractivity contribution >= 4 is 15.8 Å². The zero-order valence-corrected chi connectivity index (χ0v) is 10.6. The largest absolute Gasteiger partial charge is 0.389 e. The summed E-state index contributed by atoms with van der Waals surface area (Å²) in [4.78, 5) is 12.9. The van der Waals surface area contributed by atoms with E-state index in [-0.39, 0.29) is 11.4 Å². The molecule has 100 valence electrons. The minimum Gasteiger partial charge on any atom is -0.389 e. The van der Waals surface area contributed by atoms with Crippen LogP contribution in [0.2, 0.25) is 0 Å². The molecular formula is C9H13N3O5S. The molecule has 18 heavy (non-hydrogen) atoms. The number of nitrogens with zero attached hydrogens (tertiary/aromatic N) is 2. The van der Waals surface area contributed by atoms with Gasteiger partial charge < -0.3 is 15.2 Å². The number of aliphatic hydroxyl groups is 1. The van der Waals surface area contributed by atoms with E-state index in [1.807, 2.05) is 0 Å². The Morgan fingerprint density at radius 3 is 2.50 bits per heavy atom. The maximum Gasteiger partial charge on any atom is 0.363 e. The summed E-state index contributed by atoms with van der Waals surface area (Å²) in [5.41, 5.74) is -1.19. The molecule has 0 aliphatic heterocycles. The highest BCUT2D eigenvalue weighted by Gasteiger charge is 2.21. The van der Waals surface area contributed by atoms with Crippen molar-refractivity contribution in [3.05, 3.63) is 28.4 Å². The van der Waals surface area contributed by atoms with Crippen LogP contribution in [0, 0.1) is 10.1 Å². The highest BCUT2D eigenvalue weighted by atomic mass is 32.2. The molecule has 1 aromatic heterocycles. The molecule has 0 saturated heterocycles. The van der Waals surface area contributed by atoms with E-state index >= 15 is 0 Å². The fourth-order valence-electron chi connectivity index (χ4n) is 0.994. The van der Waals surface area contributed by atoms with E-state index in [1.54, 1.807) is 0 Å². The van der Waals surface area contributed by atoms with Gasteiger partial charge in [0.15, 0.2) is 6.20 Å². The average Bonchev–Trinajstić information content (AvgIpc) is 2.26. The number of aromatic nitrogens is 1.